The fourth-order valence-corrected chi connectivity index (χ4v) is 4.02. The summed E-state index contributed by atoms with van der Waals surface area (Å²) in [7, 11) is 3.19. The first-order valence-electron chi connectivity index (χ1n) is 9.15. The van der Waals surface area contributed by atoms with Crippen LogP contribution in [0.15, 0.2) is 60.1 Å². The van der Waals surface area contributed by atoms with Gasteiger partial charge in [-0.2, -0.15) is 0 Å². The van der Waals surface area contributed by atoms with Crippen LogP contribution in [0.2, 0.25) is 0 Å². The molecule has 0 atom stereocenters. The standard InChI is InChI=1S/C22H21N3O3S/c1-27-18-8-7-15(11-19(18)28-2)13-24-21(26)14-25-17(20-6-4-10-29-20)12-16-5-3-9-23-22(16)25/h3-12H,13-14H2,1-2H3,(H,24,26). The summed E-state index contributed by atoms with van der Waals surface area (Å²) in [5.41, 5.74) is 2.73. The highest BCUT2D eigenvalue weighted by atomic mass is 32.1. The highest BCUT2D eigenvalue weighted by Crippen LogP contribution is 2.30. The maximum Gasteiger partial charge on any atom is 0.240 e. The first-order valence-corrected chi connectivity index (χ1v) is 10.0. The van der Waals surface area contributed by atoms with E-state index >= 15 is 0 Å². The summed E-state index contributed by atoms with van der Waals surface area (Å²) in [6, 6.07) is 15.7. The predicted molar refractivity (Wildman–Crippen MR) is 114 cm³/mol. The average molecular weight is 407 g/mol. The molecule has 3 aromatic heterocycles. The molecule has 7 heteroatoms. The number of thiophene rings is 1. The number of hydrogen-bond donors (Lipinski definition) is 1. The lowest BCUT2D eigenvalue weighted by Gasteiger charge is -2.12. The van der Waals surface area contributed by atoms with E-state index in [0.29, 0.717) is 18.0 Å². The van der Waals surface area contributed by atoms with Crippen LogP contribution in [-0.4, -0.2) is 29.7 Å². The molecule has 1 N–H and O–H groups in total. The minimum atomic E-state index is -0.0826. The maximum atomic E-state index is 12.7. The SMILES string of the molecule is COc1ccc(CNC(=O)Cn2c(-c3cccs3)cc3cccnc32)cc1OC. The molecule has 0 aliphatic heterocycles. The average Bonchev–Trinajstić information content (AvgIpc) is 3.40. The van der Waals surface area contributed by atoms with E-state index < -0.39 is 0 Å². The van der Waals surface area contributed by atoms with Crippen LogP contribution in [0.25, 0.3) is 21.6 Å². The molecule has 6 nitrogen and oxygen atoms in total. The number of carbonyl (C=O) groups excluding carboxylic acids is 1. The molecule has 4 aromatic rings. The first-order chi connectivity index (χ1) is 14.2. The maximum absolute atomic E-state index is 12.7. The molecule has 148 valence electrons. The number of benzene rings is 1. The van der Waals surface area contributed by atoms with E-state index in [4.69, 9.17) is 9.47 Å². The molecule has 0 saturated heterocycles. The van der Waals surface area contributed by atoms with Crippen molar-refractivity contribution in [3.05, 3.63) is 65.7 Å². The zero-order chi connectivity index (χ0) is 20.2. The summed E-state index contributed by atoms with van der Waals surface area (Å²) in [6.07, 6.45) is 1.75. The second-order valence-electron chi connectivity index (χ2n) is 6.48. The van der Waals surface area contributed by atoms with E-state index in [0.717, 1.165) is 27.2 Å². The molecular formula is C22H21N3O3S. The lowest BCUT2D eigenvalue weighted by molar-refractivity contribution is -0.121. The molecule has 0 aliphatic rings. The summed E-state index contributed by atoms with van der Waals surface area (Å²) in [5.74, 6) is 1.22. The zero-order valence-electron chi connectivity index (χ0n) is 16.2. The van der Waals surface area contributed by atoms with Crippen LogP contribution >= 0.6 is 11.3 Å². The molecule has 0 spiro atoms. The Labute approximate surface area is 172 Å². The third-order valence-corrected chi connectivity index (χ3v) is 5.56. The number of hydrogen-bond acceptors (Lipinski definition) is 5. The van der Waals surface area contributed by atoms with Gasteiger partial charge in [0.2, 0.25) is 5.91 Å². The number of rotatable bonds is 7. The fraction of sp³-hybridized carbons (Fsp3) is 0.182. The molecule has 0 aliphatic carbocycles. The Morgan fingerprint density at radius 2 is 1.97 bits per heavy atom. The quantitative estimate of drug-likeness (QED) is 0.501. The summed E-state index contributed by atoms with van der Waals surface area (Å²) in [4.78, 5) is 18.3. The number of nitrogens with one attached hydrogen (secondary N) is 1. The molecule has 0 radical (unpaired) electrons. The molecule has 0 saturated carbocycles. The first kappa shape index (κ1) is 19.0. The van der Waals surface area contributed by atoms with Gasteiger partial charge < -0.3 is 19.4 Å². The normalized spacial score (nSPS) is 10.8. The van der Waals surface area contributed by atoms with Crippen molar-refractivity contribution < 1.29 is 14.3 Å². The summed E-state index contributed by atoms with van der Waals surface area (Å²) in [5, 5.41) is 6.03. The highest BCUT2D eigenvalue weighted by Gasteiger charge is 2.15. The van der Waals surface area contributed by atoms with Gasteiger partial charge in [0.05, 0.1) is 24.8 Å². The van der Waals surface area contributed by atoms with E-state index in [2.05, 4.69) is 22.4 Å². The number of methoxy groups -OCH3 is 2. The molecule has 0 fully saturated rings. The van der Waals surface area contributed by atoms with Gasteiger partial charge in [0.25, 0.3) is 0 Å². The van der Waals surface area contributed by atoms with Crippen molar-refractivity contribution in [2.24, 2.45) is 0 Å². The van der Waals surface area contributed by atoms with Crippen LogP contribution in [0.4, 0.5) is 0 Å². The van der Waals surface area contributed by atoms with Crippen LogP contribution in [0.1, 0.15) is 5.56 Å². The minimum Gasteiger partial charge on any atom is -0.493 e. The molecule has 4 rings (SSSR count). The number of pyridine rings is 1. The molecule has 1 aromatic carbocycles. The van der Waals surface area contributed by atoms with Crippen LogP contribution in [0.3, 0.4) is 0 Å². The zero-order valence-corrected chi connectivity index (χ0v) is 17.0. The fourth-order valence-electron chi connectivity index (χ4n) is 3.27. The smallest absolute Gasteiger partial charge is 0.240 e. The van der Waals surface area contributed by atoms with Gasteiger partial charge in [0.15, 0.2) is 11.5 Å². The van der Waals surface area contributed by atoms with Gasteiger partial charge in [-0.05, 0) is 47.3 Å². The van der Waals surface area contributed by atoms with Gasteiger partial charge in [0, 0.05) is 18.1 Å². The van der Waals surface area contributed by atoms with Crippen molar-refractivity contribution >= 4 is 28.3 Å². The van der Waals surface area contributed by atoms with Crippen molar-refractivity contribution in [2.75, 3.05) is 14.2 Å². The predicted octanol–water partition coefficient (Wildman–Crippen LogP) is 4.10. The largest absolute Gasteiger partial charge is 0.493 e. The Hall–Kier alpha value is -3.32. The summed E-state index contributed by atoms with van der Waals surface area (Å²) >= 11 is 1.64. The topological polar surface area (TPSA) is 65.4 Å². The Morgan fingerprint density at radius 3 is 2.72 bits per heavy atom. The Bertz CT molecular complexity index is 1140. The second-order valence-corrected chi connectivity index (χ2v) is 7.42. The van der Waals surface area contributed by atoms with Crippen molar-refractivity contribution in [2.45, 2.75) is 13.1 Å². The van der Waals surface area contributed by atoms with Gasteiger partial charge in [-0.1, -0.05) is 12.1 Å². The van der Waals surface area contributed by atoms with E-state index in [1.165, 1.54) is 0 Å². The summed E-state index contributed by atoms with van der Waals surface area (Å²) < 4.78 is 12.5. The molecule has 29 heavy (non-hydrogen) atoms. The number of aromatic nitrogens is 2. The molecule has 1 amide bonds. The lowest BCUT2D eigenvalue weighted by atomic mass is 10.2. The molecule has 3 heterocycles. The van der Waals surface area contributed by atoms with Gasteiger partial charge in [-0.25, -0.2) is 4.98 Å². The van der Waals surface area contributed by atoms with Crippen molar-refractivity contribution in [3.63, 3.8) is 0 Å². The number of ether oxygens (including phenoxy) is 2. The third-order valence-electron chi connectivity index (χ3n) is 4.67. The Kier molecular flexibility index (Phi) is 5.48. The van der Waals surface area contributed by atoms with Crippen LogP contribution < -0.4 is 14.8 Å². The van der Waals surface area contributed by atoms with Crippen LogP contribution in [0.5, 0.6) is 11.5 Å². The monoisotopic (exact) mass is 407 g/mol. The number of amides is 1. The van der Waals surface area contributed by atoms with Gasteiger partial charge >= 0.3 is 0 Å². The Morgan fingerprint density at radius 1 is 1.10 bits per heavy atom. The van der Waals surface area contributed by atoms with Crippen molar-refractivity contribution in [3.8, 4) is 22.1 Å². The second kappa shape index (κ2) is 8.36. The highest BCUT2D eigenvalue weighted by molar-refractivity contribution is 7.13. The Balaban J connectivity index is 1.53. The minimum absolute atomic E-state index is 0.0826. The van der Waals surface area contributed by atoms with E-state index in [9.17, 15) is 4.79 Å². The molecule has 0 unspecified atom stereocenters. The van der Waals surface area contributed by atoms with Crippen LogP contribution in [-0.2, 0) is 17.9 Å². The van der Waals surface area contributed by atoms with E-state index in [1.54, 1.807) is 31.8 Å². The van der Waals surface area contributed by atoms with Crippen molar-refractivity contribution in [1.29, 1.82) is 0 Å². The van der Waals surface area contributed by atoms with Crippen molar-refractivity contribution in [1.82, 2.24) is 14.9 Å². The van der Waals surface area contributed by atoms with Gasteiger partial charge in [-0.15, -0.1) is 11.3 Å². The molecular weight excluding hydrogens is 386 g/mol. The van der Waals surface area contributed by atoms with Gasteiger partial charge in [0.1, 0.15) is 12.2 Å². The summed E-state index contributed by atoms with van der Waals surface area (Å²) in [6.45, 7) is 0.598. The molecule has 0 bridgehead atoms. The number of carbonyl (C=O) groups is 1. The number of nitrogens with zero attached hydrogens (tertiary/aromatic N) is 2. The third kappa shape index (κ3) is 3.95. The van der Waals surface area contributed by atoms with Crippen LogP contribution in [0, 0.1) is 0 Å². The lowest BCUT2D eigenvalue weighted by Crippen LogP contribution is -2.27. The number of fused-ring (bicyclic) bond motifs is 1. The van der Waals surface area contributed by atoms with E-state index in [-0.39, 0.29) is 12.5 Å². The van der Waals surface area contributed by atoms with E-state index in [1.807, 2.05) is 46.3 Å². The van der Waals surface area contributed by atoms with Gasteiger partial charge in [-0.3, -0.25) is 4.79 Å².